The summed E-state index contributed by atoms with van der Waals surface area (Å²) in [4.78, 5) is 13.8. The highest BCUT2D eigenvalue weighted by Gasteiger charge is 2.02. The Morgan fingerprint density at radius 3 is 2.79 bits per heavy atom. The van der Waals surface area contributed by atoms with Gasteiger partial charge in [-0.3, -0.25) is 4.57 Å². The number of rotatable bonds is 1. The predicted molar refractivity (Wildman–Crippen MR) is 59.1 cm³/mol. The molecule has 0 unspecified atom stereocenters. The first-order chi connectivity index (χ1) is 6.68. The summed E-state index contributed by atoms with van der Waals surface area (Å²) in [6, 6.07) is 5.31. The molecule has 1 heterocycles. The van der Waals surface area contributed by atoms with Crippen molar-refractivity contribution in [2.75, 3.05) is 0 Å². The average Bonchev–Trinajstić information content (AvgIpc) is 2.57. The van der Waals surface area contributed by atoms with Crippen LogP contribution in [-0.4, -0.2) is 9.55 Å². The summed E-state index contributed by atoms with van der Waals surface area (Å²) < 4.78 is 2.27. The molecule has 0 saturated heterocycles. The second-order valence-corrected chi connectivity index (χ2v) is 4.00. The van der Waals surface area contributed by atoms with E-state index in [0.29, 0.717) is 5.02 Å². The molecule has 1 aromatic heterocycles. The van der Waals surface area contributed by atoms with Crippen LogP contribution in [0, 0.1) is 0 Å². The molecule has 0 radical (unpaired) electrons. The lowest BCUT2D eigenvalue weighted by molar-refractivity contribution is 0.986. The Morgan fingerprint density at radius 2 is 2.21 bits per heavy atom. The van der Waals surface area contributed by atoms with Gasteiger partial charge in [-0.15, -0.1) is 0 Å². The molecule has 1 N–H and O–H groups in total. The molecular weight excluding hydrogens is 267 g/mol. The van der Waals surface area contributed by atoms with Gasteiger partial charge in [-0.25, -0.2) is 4.79 Å². The van der Waals surface area contributed by atoms with Crippen LogP contribution in [0.5, 0.6) is 0 Å². The smallest absolute Gasteiger partial charge is 0.312 e. The van der Waals surface area contributed by atoms with Gasteiger partial charge in [0.05, 0.1) is 10.7 Å². The number of halogens is 2. The Hall–Kier alpha value is -1.000. The van der Waals surface area contributed by atoms with Crippen molar-refractivity contribution in [3.05, 3.63) is 50.6 Å². The molecule has 2 aromatic rings. The van der Waals surface area contributed by atoms with E-state index < -0.39 is 0 Å². The average molecular weight is 274 g/mol. The van der Waals surface area contributed by atoms with Crippen LogP contribution >= 0.6 is 27.5 Å². The number of nitrogens with one attached hydrogen (secondary N) is 1. The number of H-pyrrole nitrogens is 1. The minimum Gasteiger partial charge on any atom is -0.312 e. The second-order valence-electron chi connectivity index (χ2n) is 2.73. The van der Waals surface area contributed by atoms with E-state index in [2.05, 4.69) is 20.9 Å². The fourth-order valence-electron chi connectivity index (χ4n) is 1.16. The van der Waals surface area contributed by atoms with Crippen LogP contribution in [0.15, 0.2) is 39.9 Å². The second kappa shape index (κ2) is 3.63. The first-order valence-electron chi connectivity index (χ1n) is 3.90. The third-order valence-electron chi connectivity index (χ3n) is 1.83. The number of aromatic nitrogens is 2. The van der Waals surface area contributed by atoms with Gasteiger partial charge in [0.15, 0.2) is 0 Å². The van der Waals surface area contributed by atoms with Gasteiger partial charge in [0.25, 0.3) is 0 Å². The van der Waals surface area contributed by atoms with Crippen LogP contribution in [0.25, 0.3) is 5.69 Å². The van der Waals surface area contributed by atoms with Crippen molar-refractivity contribution in [1.29, 1.82) is 0 Å². The molecule has 0 fully saturated rings. The van der Waals surface area contributed by atoms with E-state index in [1.165, 1.54) is 4.57 Å². The largest absolute Gasteiger partial charge is 0.330 e. The van der Waals surface area contributed by atoms with Crippen molar-refractivity contribution < 1.29 is 0 Å². The maximum absolute atomic E-state index is 11.3. The highest BCUT2D eigenvalue weighted by Crippen LogP contribution is 2.24. The Labute approximate surface area is 93.5 Å². The molecule has 14 heavy (non-hydrogen) atoms. The Balaban J connectivity index is 2.59. The van der Waals surface area contributed by atoms with Crippen LogP contribution in [0.1, 0.15) is 0 Å². The minimum absolute atomic E-state index is 0.167. The van der Waals surface area contributed by atoms with Gasteiger partial charge in [0.2, 0.25) is 0 Å². The van der Waals surface area contributed by atoms with Gasteiger partial charge in [-0.1, -0.05) is 11.6 Å². The first kappa shape index (κ1) is 9.55. The molecule has 0 spiro atoms. The van der Waals surface area contributed by atoms with Crippen LogP contribution in [0.4, 0.5) is 0 Å². The quantitative estimate of drug-likeness (QED) is 0.852. The first-order valence-corrected chi connectivity index (χ1v) is 5.07. The molecule has 0 atom stereocenters. The van der Waals surface area contributed by atoms with E-state index in [9.17, 15) is 4.79 Å². The van der Waals surface area contributed by atoms with Gasteiger partial charge in [0, 0.05) is 16.9 Å². The third-order valence-corrected chi connectivity index (χ3v) is 3.04. The Morgan fingerprint density at radius 1 is 1.43 bits per heavy atom. The van der Waals surface area contributed by atoms with Gasteiger partial charge >= 0.3 is 5.69 Å². The van der Waals surface area contributed by atoms with Crippen molar-refractivity contribution in [1.82, 2.24) is 9.55 Å². The molecule has 0 bridgehead atoms. The van der Waals surface area contributed by atoms with Gasteiger partial charge < -0.3 is 4.98 Å². The molecule has 0 saturated carbocycles. The molecule has 72 valence electrons. The van der Waals surface area contributed by atoms with Crippen LogP contribution in [0.3, 0.4) is 0 Å². The van der Waals surface area contributed by atoms with Crippen LogP contribution in [-0.2, 0) is 0 Å². The molecule has 0 aliphatic rings. The highest BCUT2D eigenvalue weighted by atomic mass is 79.9. The number of aromatic amines is 1. The van der Waals surface area contributed by atoms with Crippen molar-refractivity contribution in [3.63, 3.8) is 0 Å². The van der Waals surface area contributed by atoms with E-state index >= 15 is 0 Å². The van der Waals surface area contributed by atoms with Crippen molar-refractivity contribution >= 4 is 27.5 Å². The van der Waals surface area contributed by atoms with E-state index in [-0.39, 0.29) is 5.69 Å². The topological polar surface area (TPSA) is 37.8 Å². The van der Waals surface area contributed by atoms with Gasteiger partial charge in [0.1, 0.15) is 0 Å². The summed E-state index contributed by atoms with van der Waals surface area (Å²) in [5.41, 5.74) is 0.603. The number of hydrogen-bond acceptors (Lipinski definition) is 1. The Kier molecular flexibility index (Phi) is 2.48. The van der Waals surface area contributed by atoms with Crippen LogP contribution < -0.4 is 5.69 Å². The van der Waals surface area contributed by atoms with Crippen molar-refractivity contribution in [2.24, 2.45) is 0 Å². The molecule has 3 nitrogen and oxygen atoms in total. The zero-order valence-corrected chi connectivity index (χ0v) is 9.34. The zero-order chi connectivity index (χ0) is 10.1. The molecule has 2 rings (SSSR count). The zero-order valence-electron chi connectivity index (χ0n) is 7.00. The number of hydrogen-bond donors (Lipinski definition) is 1. The summed E-state index contributed by atoms with van der Waals surface area (Å²) in [5, 5.41) is 0.623. The summed E-state index contributed by atoms with van der Waals surface area (Å²) in [7, 11) is 0. The van der Waals surface area contributed by atoms with E-state index in [1.807, 2.05) is 0 Å². The van der Waals surface area contributed by atoms with E-state index in [4.69, 9.17) is 11.6 Å². The monoisotopic (exact) mass is 272 g/mol. The molecule has 0 aliphatic heterocycles. The van der Waals surface area contributed by atoms with Gasteiger partial charge in [-0.05, 0) is 34.1 Å². The van der Waals surface area contributed by atoms with Crippen LogP contribution in [0.2, 0.25) is 5.02 Å². The Bertz CT molecular complexity index is 518. The SMILES string of the molecule is O=c1[nH]ccn1-c1ccc(Cl)c(Br)c1. The standard InChI is InChI=1S/C9H6BrClN2O/c10-7-5-6(1-2-8(7)11)13-4-3-12-9(13)14/h1-5H,(H,12,14). The maximum Gasteiger partial charge on any atom is 0.330 e. The predicted octanol–water partition coefficient (Wildman–Crippen LogP) is 2.58. The summed E-state index contributed by atoms with van der Waals surface area (Å²) in [5.74, 6) is 0. The lowest BCUT2D eigenvalue weighted by atomic mass is 10.3. The van der Waals surface area contributed by atoms with E-state index in [1.54, 1.807) is 30.6 Å². The van der Waals surface area contributed by atoms with Gasteiger partial charge in [-0.2, -0.15) is 0 Å². The normalized spacial score (nSPS) is 10.4. The molecular formula is C9H6BrClN2O. The fraction of sp³-hybridized carbons (Fsp3) is 0. The molecule has 0 aliphatic carbocycles. The lowest BCUT2D eigenvalue weighted by Gasteiger charge is -2.02. The molecule has 1 aromatic carbocycles. The number of imidazole rings is 1. The number of benzene rings is 1. The van der Waals surface area contributed by atoms with Crippen molar-refractivity contribution in [2.45, 2.75) is 0 Å². The lowest BCUT2D eigenvalue weighted by Crippen LogP contribution is -2.13. The highest BCUT2D eigenvalue weighted by molar-refractivity contribution is 9.10. The van der Waals surface area contributed by atoms with E-state index in [0.717, 1.165) is 10.2 Å². The fourth-order valence-corrected chi connectivity index (χ4v) is 1.64. The number of nitrogens with zero attached hydrogens (tertiary/aromatic N) is 1. The summed E-state index contributed by atoms with van der Waals surface area (Å²) in [6.45, 7) is 0. The maximum atomic E-state index is 11.3. The molecule has 0 amide bonds. The minimum atomic E-state index is -0.167. The summed E-state index contributed by atoms with van der Waals surface area (Å²) in [6.07, 6.45) is 3.25. The molecule has 5 heteroatoms. The summed E-state index contributed by atoms with van der Waals surface area (Å²) >= 11 is 9.14. The third kappa shape index (κ3) is 1.63. The van der Waals surface area contributed by atoms with Crippen molar-refractivity contribution in [3.8, 4) is 5.69 Å².